The minimum atomic E-state index is -0.626. The Morgan fingerprint density at radius 2 is 1.95 bits per heavy atom. The van der Waals surface area contributed by atoms with Crippen LogP contribution in [0, 0.1) is 5.82 Å². The molecule has 2 nitrogen and oxygen atoms in total. The van der Waals surface area contributed by atoms with Gasteiger partial charge >= 0.3 is 0 Å². The Balaban J connectivity index is 2.48. The lowest BCUT2D eigenvalue weighted by Crippen LogP contribution is -2.06. The molecule has 0 aromatic heterocycles. The van der Waals surface area contributed by atoms with E-state index >= 15 is 0 Å². The van der Waals surface area contributed by atoms with Gasteiger partial charge in [-0.25, -0.2) is 4.39 Å². The van der Waals surface area contributed by atoms with Gasteiger partial charge < -0.3 is 4.74 Å². The second-order valence-electron chi connectivity index (χ2n) is 3.89. The highest BCUT2D eigenvalue weighted by Gasteiger charge is 2.18. The third-order valence-corrected chi connectivity index (χ3v) is 3.04. The Labute approximate surface area is 119 Å². The summed E-state index contributed by atoms with van der Waals surface area (Å²) in [5.74, 6) is -0.907. The first-order valence-electron chi connectivity index (χ1n) is 5.85. The van der Waals surface area contributed by atoms with Crippen LogP contribution in [0.15, 0.2) is 46.9 Å². The van der Waals surface area contributed by atoms with Gasteiger partial charge in [0.25, 0.3) is 0 Å². The maximum atomic E-state index is 14.2. The van der Waals surface area contributed by atoms with E-state index in [0.717, 1.165) is 0 Å². The lowest BCUT2D eigenvalue weighted by molar-refractivity contribution is 0.103. The van der Waals surface area contributed by atoms with Crippen LogP contribution in [-0.2, 0) is 0 Å². The summed E-state index contributed by atoms with van der Waals surface area (Å²) in [7, 11) is 0. The molecule has 0 aliphatic rings. The van der Waals surface area contributed by atoms with Crippen LogP contribution in [-0.4, -0.2) is 12.4 Å². The number of rotatable bonds is 4. The molecule has 2 rings (SSSR count). The minimum Gasteiger partial charge on any atom is -0.491 e. The highest BCUT2D eigenvalue weighted by atomic mass is 79.9. The molecule has 0 aliphatic carbocycles. The van der Waals surface area contributed by atoms with Crippen LogP contribution < -0.4 is 4.74 Å². The number of carbonyl (C=O) groups is 1. The van der Waals surface area contributed by atoms with Crippen molar-refractivity contribution in [3.63, 3.8) is 0 Å². The Morgan fingerprint density at radius 1 is 1.26 bits per heavy atom. The van der Waals surface area contributed by atoms with Crippen molar-refractivity contribution < 1.29 is 13.9 Å². The van der Waals surface area contributed by atoms with Crippen LogP contribution in [0.3, 0.4) is 0 Å². The molecule has 2 aromatic carbocycles. The first-order chi connectivity index (χ1) is 9.13. The summed E-state index contributed by atoms with van der Waals surface area (Å²) >= 11 is 3.26. The maximum absolute atomic E-state index is 14.2. The van der Waals surface area contributed by atoms with Crippen LogP contribution in [0.25, 0.3) is 0 Å². The zero-order valence-corrected chi connectivity index (χ0v) is 11.9. The fourth-order valence-corrected chi connectivity index (χ4v) is 2.17. The largest absolute Gasteiger partial charge is 0.491 e. The quantitative estimate of drug-likeness (QED) is 0.788. The van der Waals surface area contributed by atoms with Crippen LogP contribution >= 0.6 is 15.9 Å². The van der Waals surface area contributed by atoms with Crippen molar-refractivity contribution in [2.24, 2.45) is 0 Å². The summed E-state index contributed by atoms with van der Waals surface area (Å²) in [4.78, 5) is 12.3. The van der Waals surface area contributed by atoms with E-state index in [1.54, 1.807) is 37.3 Å². The molecule has 0 N–H and O–H groups in total. The van der Waals surface area contributed by atoms with Gasteiger partial charge in [-0.3, -0.25) is 4.79 Å². The average Bonchev–Trinajstić information content (AvgIpc) is 2.43. The van der Waals surface area contributed by atoms with E-state index in [-0.39, 0.29) is 17.1 Å². The topological polar surface area (TPSA) is 26.3 Å². The molecule has 2 aromatic rings. The molecule has 0 amide bonds. The molecule has 0 bridgehead atoms. The van der Waals surface area contributed by atoms with E-state index in [9.17, 15) is 9.18 Å². The Kier molecular flexibility index (Phi) is 4.32. The summed E-state index contributed by atoms with van der Waals surface area (Å²) in [5.41, 5.74) is 0.450. The Hall–Kier alpha value is -1.68. The molecule has 0 saturated heterocycles. The molecule has 0 fully saturated rings. The summed E-state index contributed by atoms with van der Waals surface area (Å²) in [6.07, 6.45) is 0. The molecule has 19 heavy (non-hydrogen) atoms. The zero-order chi connectivity index (χ0) is 13.8. The van der Waals surface area contributed by atoms with Crippen molar-refractivity contribution in [1.29, 1.82) is 0 Å². The third-order valence-electron chi connectivity index (χ3n) is 2.58. The average molecular weight is 323 g/mol. The molecule has 0 atom stereocenters. The van der Waals surface area contributed by atoms with Gasteiger partial charge in [-0.05, 0) is 19.1 Å². The van der Waals surface area contributed by atoms with Crippen LogP contribution in [0.1, 0.15) is 22.8 Å². The van der Waals surface area contributed by atoms with Gasteiger partial charge in [-0.2, -0.15) is 0 Å². The molecular formula is C15H12BrFO2. The van der Waals surface area contributed by atoms with E-state index in [4.69, 9.17) is 4.74 Å². The van der Waals surface area contributed by atoms with E-state index in [0.29, 0.717) is 16.6 Å². The molecule has 0 spiro atoms. The highest BCUT2D eigenvalue weighted by Crippen LogP contribution is 2.28. The lowest BCUT2D eigenvalue weighted by Gasteiger charge is -2.09. The number of hydrogen-bond donors (Lipinski definition) is 0. The van der Waals surface area contributed by atoms with Gasteiger partial charge in [0.1, 0.15) is 0 Å². The van der Waals surface area contributed by atoms with Crippen molar-refractivity contribution in [3.8, 4) is 5.75 Å². The van der Waals surface area contributed by atoms with Gasteiger partial charge in [0.2, 0.25) is 0 Å². The molecule has 0 unspecified atom stereocenters. The Morgan fingerprint density at radius 3 is 2.58 bits per heavy atom. The summed E-state index contributed by atoms with van der Waals surface area (Å²) < 4.78 is 20.0. The van der Waals surface area contributed by atoms with Crippen molar-refractivity contribution in [2.45, 2.75) is 6.92 Å². The molecule has 98 valence electrons. The van der Waals surface area contributed by atoms with Gasteiger partial charge in [-0.15, -0.1) is 0 Å². The fourth-order valence-electron chi connectivity index (χ4n) is 1.74. The summed E-state index contributed by atoms with van der Waals surface area (Å²) in [5, 5.41) is 0. The predicted molar refractivity (Wildman–Crippen MR) is 75.1 cm³/mol. The highest BCUT2D eigenvalue weighted by molar-refractivity contribution is 9.10. The third kappa shape index (κ3) is 3.01. The van der Waals surface area contributed by atoms with Crippen molar-refractivity contribution >= 4 is 21.7 Å². The number of carbonyl (C=O) groups excluding carboxylic acids is 1. The molecule has 0 radical (unpaired) electrons. The number of ketones is 1. The number of benzene rings is 2. The van der Waals surface area contributed by atoms with E-state index in [2.05, 4.69) is 15.9 Å². The van der Waals surface area contributed by atoms with Gasteiger partial charge in [0, 0.05) is 10.0 Å². The first kappa shape index (κ1) is 13.7. The number of hydrogen-bond acceptors (Lipinski definition) is 2. The molecule has 0 aliphatic heterocycles. The van der Waals surface area contributed by atoms with E-state index in [1.807, 2.05) is 0 Å². The van der Waals surface area contributed by atoms with Gasteiger partial charge in [0.15, 0.2) is 17.3 Å². The van der Waals surface area contributed by atoms with Crippen LogP contribution in [0.5, 0.6) is 5.75 Å². The number of ether oxygens (including phenoxy) is 1. The second-order valence-corrected chi connectivity index (χ2v) is 4.81. The van der Waals surface area contributed by atoms with Crippen LogP contribution in [0.4, 0.5) is 4.39 Å². The van der Waals surface area contributed by atoms with Gasteiger partial charge in [0.05, 0.1) is 12.2 Å². The second kappa shape index (κ2) is 5.97. The predicted octanol–water partition coefficient (Wildman–Crippen LogP) is 4.22. The minimum absolute atomic E-state index is 0.00373. The Bertz CT molecular complexity index is 597. The smallest absolute Gasteiger partial charge is 0.196 e. The molecule has 0 saturated carbocycles. The normalized spacial score (nSPS) is 10.3. The first-order valence-corrected chi connectivity index (χ1v) is 6.64. The summed E-state index contributed by atoms with van der Waals surface area (Å²) in [6.45, 7) is 2.10. The molecule has 4 heteroatoms. The SMILES string of the molecule is CCOc1cc(Br)cc(C(=O)c2ccccc2)c1F. The lowest BCUT2D eigenvalue weighted by atomic mass is 10.0. The number of halogens is 2. The van der Waals surface area contributed by atoms with E-state index in [1.165, 1.54) is 12.1 Å². The van der Waals surface area contributed by atoms with Crippen molar-refractivity contribution in [3.05, 3.63) is 63.9 Å². The van der Waals surface area contributed by atoms with E-state index < -0.39 is 5.82 Å². The monoisotopic (exact) mass is 322 g/mol. The fraction of sp³-hybridized carbons (Fsp3) is 0.133. The zero-order valence-electron chi connectivity index (χ0n) is 10.3. The van der Waals surface area contributed by atoms with Crippen molar-refractivity contribution in [1.82, 2.24) is 0 Å². The molecule has 0 heterocycles. The van der Waals surface area contributed by atoms with Gasteiger partial charge in [-0.1, -0.05) is 46.3 Å². The molecular weight excluding hydrogens is 311 g/mol. The standard InChI is InChI=1S/C15H12BrFO2/c1-2-19-13-9-11(16)8-12(14(13)17)15(18)10-6-4-3-5-7-10/h3-9H,2H2,1H3. The summed E-state index contributed by atoms with van der Waals surface area (Å²) in [6, 6.07) is 11.6. The van der Waals surface area contributed by atoms with Crippen molar-refractivity contribution in [2.75, 3.05) is 6.61 Å². The van der Waals surface area contributed by atoms with Crippen LogP contribution in [0.2, 0.25) is 0 Å². The maximum Gasteiger partial charge on any atom is 0.196 e.